The Balaban J connectivity index is -0.000000137. The Bertz CT molecular complexity index is 760. The molecule has 7 nitrogen and oxygen atoms in total. The molecule has 0 saturated carbocycles. The Hall–Kier alpha value is -1.81. The van der Waals surface area contributed by atoms with Crippen LogP contribution in [-0.2, 0) is 61.5 Å². The molecule has 1 aromatic carbocycles. The van der Waals surface area contributed by atoms with Gasteiger partial charge in [0.25, 0.3) is 0 Å². The Labute approximate surface area is 288 Å². The number of hydrogen-bond acceptors (Lipinski definition) is 1. The maximum Gasteiger partial charge on any atom is 0 e. The molecule has 0 saturated heterocycles. The number of hydrogen-bond donors (Lipinski definition) is 1. The van der Waals surface area contributed by atoms with Crippen LogP contribution in [0.25, 0.3) is 0 Å². The first-order chi connectivity index (χ1) is 20.8. The van der Waals surface area contributed by atoms with Crippen LogP contribution in [0.1, 0.15) is 134 Å². The molecule has 0 aliphatic rings. The zero-order valence-corrected chi connectivity index (χ0v) is 28.2. The normalized spacial score (nSPS) is 9.07. The number of benzene rings is 1. The van der Waals surface area contributed by atoms with Crippen molar-refractivity contribution in [1.82, 2.24) is 0 Å². The topological polar surface area (TPSA) is 140 Å². The van der Waals surface area contributed by atoms with E-state index in [0.29, 0.717) is 0 Å². The molecule has 1 N–H and O–H groups in total. The van der Waals surface area contributed by atoms with E-state index in [1.807, 2.05) is 0 Å². The van der Waals surface area contributed by atoms with E-state index >= 15 is 0 Å². The first kappa shape index (κ1) is 61.2. The van der Waals surface area contributed by atoms with Crippen molar-refractivity contribution in [1.29, 1.82) is 0 Å². The Morgan fingerprint density at radius 3 is 1.34 bits per heavy atom. The molecule has 248 valence electrons. The van der Waals surface area contributed by atoms with E-state index in [9.17, 15) is 5.11 Å². The minimum atomic E-state index is -0.237. The van der Waals surface area contributed by atoms with Gasteiger partial charge in [-0.2, -0.15) is 0 Å². The van der Waals surface area contributed by atoms with Gasteiger partial charge >= 0.3 is 67.8 Å². The van der Waals surface area contributed by atoms with Crippen molar-refractivity contribution in [3.63, 3.8) is 0 Å². The van der Waals surface area contributed by atoms with E-state index in [1.54, 1.807) is 0 Å². The fraction of sp³-hybridized carbons (Fsp3) is 0.600. The van der Waals surface area contributed by atoms with Crippen molar-refractivity contribution in [3.8, 4) is 11.8 Å². The first-order valence-corrected chi connectivity index (χ1v) is 14.2. The maximum atomic E-state index is 10.6. The summed E-state index contributed by atoms with van der Waals surface area (Å²) in [6, 6.07) is 10.5. The summed E-state index contributed by atoms with van der Waals surface area (Å²) in [4.78, 5) is 0. The van der Waals surface area contributed by atoms with Gasteiger partial charge in [-0.25, -0.2) is 0 Å². The van der Waals surface area contributed by atoms with Gasteiger partial charge in [0.2, 0.25) is 0 Å². The van der Waals surface area contributed by atoms with Gasteiger partial charge in [-0.15, -0.1) is 5.92 Å². The molecule has 9 heteroatoms. The van der Waals surface area contributed by atoms with E-state index in [4.69, 9.17) is 27.9 Å². The fourth-order valence-electron chi connectivity index (χ4n) is 4.06. The van der Waals surface area contributed by atoms with Crippen LogP contribution in [0.2, 0.25) is 0 Å². The second-order valence-corrected chi connectivity index (χ2v) is 8.96. The van der Waals surface area contributed by atoms with E-state index in [2.05, 4.69) is 95.9 Å². The standard InChI is InChI=1S/C29H48O.6CO.2Co/c1-3-5-7-9-10-11-12-13-14-16-21-25-29(30)26-28(24-18-15-8-6-4-2)27-22-19-17-20-23-27;6*1-2;;/h17,19-20,22-23,28-30H,3-16,21,25-26H2,1-2H3;;;;;;;;/t28-,29-;;;;;;;;/m0......../s1. The molecule has 1 aromatic rings. The number of aliphatic hydroxyl groups excluding tert-OH is 1. The second kappa shape index (κ2) is 68.4. The molecule has 0 amide bonds. The molecule has 0 bridgehead atoms. The minimum Gasteiger partial charge on any atom is 0 e. The minimum absolute atomic E-state index is 0. The van der Waals surface area contributed by atoms with Crippen molar-refractivity contribution in [3.05, 3.63) is 75.8 Å². The summed E-state index contributed by atoms with van der Waals surface area (Å²) >= 11 is 0. The van der Waals surface area contributed by atoms with Crippen LogP contribution in [0.15, 0.2) is 30.3 Å². The van der Waals surface area contributed by atoms with Crippen LogP contribution in [-0.4, -0.2) is 11.2 Å². The maximum absolute atomic E-state index is 10.6. The predicted molar refractivity (Wildman–Crippen MR) is 156 cm³/mol. The van der Waals surface area contributed by atoms with E-state index in [-0.39, 0.29) is 45.6 Å². The van der Waals surface area contributed by atoms with E-state index in [1.165, 1.54) is 89.0 Å². The fourth-order valence-corrected chi connectivity index (χ4v) is 4.06. The predicted octanol–water partition coefficient (Wildman–Crippen LogP) is 8.58. The van der Waals surface area contributed by atoms with Crippen molar-refractivity contribution in [2.24, 2.45) is 0 Å². The van der Waals surface area contributed by atoms with Gasteiger partial charge in [0.15, 0.2) is 0 Å². The summed E-state index contributed by atoms with van der Waals surface area (Å²) in [6.07, 6.45) is 21.0. The van der Waals surface area contributed by atoms with Crippen LogP contribution in [0.3, 0.4) is 0 Å². The summed E-state index contributed by atoms with van der Waals surface area (Å²) in [5.41, 5.74) is 1.25. The van der Waals surface area contributed by atoms with Gasteiger partial charge in [-0.3, -0.25) is 0 Å². The van der Waals surface area contributed by atoms with Crippen LogP contribution >= 0.6 is 0 Å². The Kier molecular flexibility index (Phi) is 95.2. The third-order valence-corrected chi connectivity index (χ3v) is 6.03. The van der Waals surface area contributed by atoms with E-state index in [0.717, 1.165) is 25.7 Å². The molecule has 2 atom stereocenters. The van der Waals surface area contributed by atoms with Crippen LogP contribution in [0.5, 0.6) is 0 Å². The number of unbranched alkanes of at least 4 members (excludes halogenated alkanes) is 13. The summed E-state index contributed by atoms with van der Waals surface area (Å²) in [6.45, 7) is 31.5. The molecule has 44 heavy (non-hydrogen) atoms. The quantitative estimate of drug-likeness (QED) is 0.0698. The number of aliphatic hydroxyl groups is 1. The summed E-state index contributed by atoms with van der Waals surface area (Å²) in [5.74, 6) is 7.00. The van der Waals surface area contributed by atoms with Gasteiger partial charge in [-0.05, 0) is 24.8 Å². The molecule has 0 heterocycles. The van der Waals surface area contributed by atoms with Gasteiger partial charge in [-0.1, -0.05) is 134 Å². The molecule has 0 unspecified atom stereocenters. The zero-order valence-electron chi connectivity index (χ0n) is 26.1. The molecule has 0 aliphatic heterocycles. The van der Waals surface area contributed by atoms with Crippen molar-refractivity contribution >= 4 is 0 Å². The monoisotopic (exact) mass is 698 g/mol. The molecule has 0 spiro atoms. The van der Waals surface area contributed by atoms with Crippen molar-refractivity contribution < 1.29 is 66.6 Å². The third kappa shape index (κ3) is 52.8. The van der Waals surface area contributed by atoms with E-state index < -0.39 is 0 Å². The van der Waals surface area contributed by atoms with Crippen LogP contribution in [0, 0.1) is 51.7 Å². The summed E-state index contributed by atoms with van der Waals surface area (Å²) in [7, 11) is 0. The summed E-state index contributed by atoms with van der Waals surface area (Å²) in [5, 5.41) is 10.6. The summed E-state index contributed by atoms with van der Waals surface area (Å²) < 4.78 is 45.0. The molecule has 2 radical (unpaired) electrons. The molecule has 0 fully saturated rings. The molecule has 0 aliphatic carbocycles. The van der Waals surface area contributed by atoms with Crippen molar-refractivity contribution in [2.75, 3.05) is 0 Å². The van der Waals surface area contributed by atoms with Crippen LogP contribution < -0.4 is 0 Å². The van der Waals surface area contributed by atoms with Gasteiger partial charge < -0.3 is 5.11 Å². The molecule has 1 rings (SSSR count). The largest absolute Gasteiger partial charge is 0 e. The molecular weight excluding hydrogens is 650 g/mol. The van der Waals surface area contributed by atoms with Gasteiger partial charge in [0.1, 0.15) is 0 Å². The third-order valence-electron chi connectivity index (χ3n) is 6.03. The zero-order chi connectivity index (χ0) is 33.7. The second-order valence-electron chi connectivity index (χ2n) is 8.96. The first-order valence-electron chi connectivity index (χ1n) is 14.2. The van der Waals surface area contributed by atoms with Gasteiger partial charge in [0, 0.05) is 45.9 Å². The Morgan fingerprint density at radius 1 is 0.568 bits per heavy atom. The SMILES string of the molecule is CCCCCC#C[C@@H](C[C@@H](O)CCCCCCCCCCCCC)c1ccccc1.[C-]#[O+].[C-]#[O+].[C-]#[O+].[C-]#[O+].[C-]#[O+].[C-]#[O+].[Co].[Co]. The molecule has 0 aromatic heterocycles. The average Bonchev–Trinajstić information content (AvgIpc) is 3.09. The average molecular weight is 699 g/mol. The smallest absolute Gasteiger partial charge is 0 e. The Morgan fingerprint density at radius 2 is 0.932 bits per heavy atom. The number of rotatable bonds is 18. The van der Waals surface area contributed by atoms with Crippen LogP contribution in [0.4, 0.5) is 0 Å². The van der Waals surface area contributed by atoms with Gasteiger partial charge in [0.05, 0.1) is 6.10 Å². The van der Waals surface area contributed by atoms with Crippen molar-refractivity contribution in [2.45, 2.75) is 135 Å². The molecular formula is C35H48Co2O7.